The zero-order valence-corrected chi connectivity index (χ0v) is 45.1. The van der Waals surface area contributed by atoms with E-state index in [2.05, 4.69) is 24.2 Å². The molecule has 18 nitrogen and oxygen atoms in total. The number of amides is 1. The maximum Gasteiger partial charge on any atom is 1.00 e. The third-order valence-electron chi connectivity index (χ3n) is 13.3. The number of aliphatic carboxylic acids is 1. The van der Waals surface area contributed by atoms with E-state index in [1.54, 1.807) is 6.08 Å². The molecule has 19 heteroatoms. The van der Waals surface area contributed by atoms with Crippen LogP contribution in [0, 0.1) is 0 Å². The molecule has 10 N–H and O–H groups in total. The van der Waals surface area contributed by atoms with Gasteiger partial charge in [0.1, 0.15) is 48.8 Å². The summed E-state index contributed by atoms with van der Waals surface area (Å²) in [6.07, 6.45) is 13.2. The van der Waals surface area contributed by atoms with E-state index in [0.717, 1.165) is 51.9 Å². The number of allylic oxidation sites excluding steroid dienone is 1. The van der Waals surface area contributed by atoms with Crippen LogP contribution in [0.25, 0.3) is 0 Å². The molecule has 0 aromatic heterocycles. The third-order valence-corrected chi connectivity index (χ3v) is 13.3. The van der Waals surface area contributed by atoms with Crippen LogP contribution in [0.2, 0.25) is 0 Å². The smallest absolute Gasteiger partial charge is 0.862 e. The summed E-state index contributed by atoms with van der Waals surface area (Å²) in [6.45, 7) is 3.13. The van der Waals surface area contributed by atoms with Gasteiger partial charge in [0.2, 0.25) is 5.91 Å². The molecule has 2 aliphatic rings. The topological polar surface area (TPSA) is 301 Å². The molecule has 0 aliphatic carbocycles. The van der Waals surface area contributed by atoms with Crippen molar-refractivity contribution in [3.8, 4) is 0 Å². The molecule has 0 spiro atoms. The quantitative estimate of drug-likeness (QED) is 0.0136. The summed E-state index contributed by atoms with van der Waals surface area (Å²) in [6, 6.07) is -2.68. The standard InChI is InChI=1S/C51H94N2O16.Na/c1-4-6-8-10-12-14-16-18-20-22-24-26-28-30-38(57)37(53-42(60)31-29-27-25-23-21-19-17-15-13-11-9-7-5-2)35-66-49-46(63)48(45(62)41(34-55)67-49)69-51(50(64)65)32-39(58)43(52-36(3)56)47(68-51)44(61)40(59)33-54;/h28,30,37-41,43-49,54-55,57-59,61-63H,4-27,29,31-35H2,1-3H3,(H,52,56)(H,53,60)(H,64,65);/q;+1/p-1/b30-28+;/t37-,38+,39-,40+,41+,43+,44+,45-,46+,47+,48-,49+,51-;/m0./s1. The number of aliphatic imine (C=N–C) groups is 1. The van der Waals surface area contributed by atoms with Gasteiger partial charge in [-0.1, -0.05) is 167 Å². The molecule has 404 valence electrons. The van der Waals surface area contributed by atoms with E-state index >= 15 is 0 Å². The number of rotatable bonds is 40. The van der Waals surface area contributed by atoms with Gasteiger partial charge in [-0.25, -0.2) is 4.79 Å². The molecule has 13 atom stereocenters. The first-order chi connectivity index (χ1) is 33.2. The number of aliphatic hydroxyl groups is 8. The number of carbonyl (C=O) groups is 2. The van der Waals surface area contributed by atoms with E-state index in [4.69, 9.17) is 18.9 Å². The summed E-state index contributed by atoms with van der Waals surface area (Å²) in [7, 11) is 0. The minimum atomic E-state index is -2.98. The molecule has 2 aliphatic heterocycles. The van der Waals surface area contributed by atoms with Crippen molar-refractivity contribution in [2.24, 2.45) is 4.99 Å². The summed E-state index contributed by atoms with van der Waals surface area (Å²) >= 11 is 0. The van der Waals surface area contributed by atoms with Crippen LogP contribution in [-0.2, 0) is 28.5 Å². The number of aliphatic hydroxyl groups excluding tert-OH is 8. The van der Waals surface area contributed by atoms with Crippen molar-refractivity contribution in [1.82, 2.24) is 5.32 Å². The first kappa shape index (κ1) is 66.7. The first-order valence-electron chi connectivity index (χ1n) is 26.5. The minimum Gasteiger partial charge on any atom is -0.862 e. The van der Waals surface area contributed by atoms with Crippen molar-refractivity contribution >= 4 is 17.8 Å². The third kappa shape index (κ3) is 25.3. The number of hydrogen-bond donors (Lipinski definition) is 10. The second-order valence-electron chi connectivity index (χ2n) is 19.3. The van der Waals surface area contributed by atoms with Gasteiger partial charge >= 0.3 is 35.5 Å². The average Bonchev–Trinajstić information content (AvgIpc) is 3.32. The van der Waals surface area contributed by atoms with Crippen LogP contribution in [0.4, 0.5) is 0 Å². The maximum absolute atomic E-state index is 13.3. The van der Waals surface area contributed by atoms with E-state index in [1.807, 2.05) is 6.08 Å². The molecule has 2 fully saturated rings. The van der Waals surface area contributed by atoms with Gasteiger partial charge in [0.05, 0.1) is 38.1 Å². The molecule has 2 rings (SSSR count). The average molecular weight is 1010 g/mol. The number of carbonyl (C=O) groups excluding carboxylic acids is 1. The summed E-state index contributed by atoms with van der Waals surface area (Å²) in [5.41, 5.74) is 0. The van der Waals surface area contributed by atoms with Crippen LogP contribution in [0.5, 0.6) is 0 Å². The van der Waals surface area contributed by atoms with E-state index in [0.29, 0.717) is 12.8 Å². The number of nitrogens with one attached hydrogen (secondary N) is 1. The van der Waals surface area contributed by atoms with Gasteiger partial charge in [-0.15, -0.1) is 0 Å². The van der Waals surface area contributed by atoms with E-state index < -0.39 is 117 Å². The van der Waals surface area contributed by atoms with Crippen LogP contribution >= 0.6 is 0 Å². The summed E-state index contributed by atoms with van der Waals surface area (Å²) in [5.74, 6) is -6.04. The molecular weight excluding hydrogens is 920 g/mol. The number of unbranched alkanes of at least 4 members (excludes halogenated alkanes) is 23. The van der Waals surface area contributed by atoms with Gasteiger partial charge < -0.3 is 75.3 Å². The SMILES string of the molecule is CCCCCCCCCCCCC/C=C/[C@@H](O)[C@H](CO[C@@H]1O[C@H](CO)[C@H](O)[C@H](O[C@]2(C(=O)O)C[C@H](O)[C@@H](N=C(C)[O-])[C@H]([C@H](O)[C@H](O)CO)O2)[C@H]1O)NC(=O)CCCCCCCCCCCCCCC.[Na+]. The van der Waals surface area contributed by atoms with Gasteiger partial charge in [-0.2, -0.15) is 0 Å². The Balaban J connectivity index is 0.0000245. The van der Waals surface area contributed by atoms with Crippen molar-refractivity contribution < 1.29 is 109 Å². The Morgan fingerprint density at radius 3 is 1.76 bits per heavy atom. The van der Waals surface area contributed by atoms with Crippen LogP contribution in [0.15, 0.2) is 17.1 Å². The van der Waals surface area contributed by atoms with Gasteiger partial charge in [0.15, 0.2) is 6.29 Å². The second-order valence-corrected chi connectivity index (χ2v) is 19.3. The Kier molecular flexibility index (Phi) is 37.3. The van der Waals surface area contributed by atoms with Crippen molar-refractivity contribution in [3.05, 3.63) is 12.2 Å². The maximum atomic E-state index is 13.3. The Hall–Kier alpha value is -1.33. The fourth-order valence-electron chi connectivity index (χ4n) is 9.04. The van der Waals surface area contributed by atoms with Gasteiger partial charge in [-0.3, -0.25) is 9.79 Å². The minimum absolute atomic E-state index is 0. The Morgan fingerprint density at radius 1 is 0.786 bits per heavy atom. The van der Waals surface area contributed by atoms with E-state index in [9.17, 15) is 60.7 Å². The van der Waals surface area contributed by atoms with Crippen molar-refractivity contribution in [2.75, 3.05) is 19.8 Å². The van der Waals surface area contributed by atoms with E-state index in [-0.39, 0.29) is 41.9 Å². The van der Waals surface area contributed by atoms with Crippen LogP contribution < -0.4 is 40.0 Å². The molecule has 0 bridgehead atoms. The molecular formula is C51H93N2NaO16. The second kappa shape index (κ2) is 39.1. The molecule has 0 radical (unpaired) electrons. The molecule has 2 saturated heterocycles. The molecule has 2 heterocycles. The van der Waals surface area contributed by atoms with Crippen LogP contribution in [0.1, 0.15) is 194 Å². The largest absolute Gasteiger partial charge is 1.00 e. The molecule has 1 amide bonds. The van der Waals surface area contributed by atoms with Crippen LogP contribution in [0.3, 0.4) is 0 Å². The number of ether oxygens (including phenoxy) is 4. The number of nitrogens with zero attached hydrogens (tertiary/aromatic N) is 1. The fourth-order valence-corrected chi connectivity index (χ4v) is 9.04. The number of carboxylic acid groups (broad SMARTS) is 1. The molecule has 0 saturated carbocycles. The molecule has 0 aromatic carbocycles. The summed E-state index contributed by atoms with van der Waals surface area (Å²) < 4.78 is 23.0. The van der Waals surface area contributed by atoms with Gasteiger partial charge in [-0.05, 0) is 32.1 Å². The normalized spacial score (nSPS) is 26.9. The monoisotopic (exact) mass is 1010 g/mol. The predicted molar refractivity (Wildman–Crippen MR) is 259 cm³/mol. The molecule has 70 heavy (non-hydrogen) atoms. The fraction of sp³-hybridized carbons (Fsp3) is 0.902. The number of hydrogen-bond acceptors (Lipinski definition) is 16. The summed E-state index contributed by atoms with van der Waals surface area (Å²) in [5, 5.41) is 111. The number of carboxylic acids is 1. The van der Waals surface area contributed by atoms with Gasteiger partial charge in [0.25, 0.3) is 5.79 Å². The van der Waals surface area contributed by atoms with Gasteiger partial charge in [0, 0.05) is 12.8 Å². The molecule has 0 unspecified atom stereocenters. The predicted octanol–water partition coefficient (Wildman–Crippen LogP) is 1.21. The molecule has 0 aromatic rings. The first-order valence-corrected chi connectivity index (χ1v) is 26.5. The zero-order chi connectivity index (χ0) is 51.0. The van der Waals surface area contributed by atoms with Crippen molar-refractivity contribution in [2.45, 2.75) is 273 Å². The van der Waals surface area contributed by atoms with Crippen molar-refractivity contribution in [3.63, 3.8) is 0 Å². The Labute approximate surface area is 440 Å². The Morgan fingerprint density at radius 2 is 1.29 bits per heavy atom. The summed E-state index contributed by atoms with van der Waals surface area (Å²) in [4.78, 5) is 29.9. The Bertz CT molecular complexity index is 1410. The zero-order valence-electron chi connectivity index (χ0n) is 43.1. The van der Waals surface area contributed by atoms with Crippen molar-refractivity contribution in [1.29, 1.82) is 0 Å². The van der Waals surface area contributed by atoms with Crippen LogP contribution in [-0.4, -0.2) is 163 Å². The van der Waals surface area contributed by atoms with E-state index in [1.165, 1.54) is 103 Å².